The molecule has 31 heavy (non-hydrogen) atoms. The maximum Gasteiger partial charge on any atom is 0.258 e. The third-order valence-electron chi connectivity index (χ3n) is 5.70. The van der Waals surface area contributed by atoms with Crippen LogP contribution < -0.4 is 19.9 Å². The fourth-order valence-electron chi connectivity index (χ4n) is 4.02. The number of nitrogens with one attached hydrogen (secondary N) is 1. The van der Waals surface area contributed by atoms with Crippen LogP contribution in [0.15, 0.2) is 78.9 Å². The van der Waals surface area contributed by atoms with E-state index in [2.05, 4.69) is 63.6 Å². The zero-order chi connectivity index (χ0) is 21.6. The lowest BCUT2D eigenvalue weighted by atomic mass is 10.0. The molecule has 5 nitrogen and oxygen atoms in total. The average Bonchev–Trinajstić information content (AvgIpc) is 3.23. The second-order valence-corrected chi connectivity index (χ2v) is 7.98. The van der Waals surface area contributed by atoms with E-state index in [0.29, 0.717) is 12.3 Å². The quantitative estimate of drug-likeness (QED) is 0.603. The molecule has 0 fully saturated rings. The van der Waals surface area contributed by atoms with E-state index in [1.807, 2.05) is 44.4 Å². The first-order valence-corrected chi connectivity index (χ1v) is 10.7. The zero-order valence-electron chi connectivity index (χ0n) is 18.1. The predicted octanol–water partition coefficient (Wildman–Crippen LogP) is 4.05. The second kappa shape index (κ2) is 9.56. The van der Waals surface area contributed by atoms with E-state index in [1.54, 1.807) is 0 Å². The van der Waals surface area contributed by atoms with Crippen LogP contribution in [0.5, 0.6) is 5.75 Å². The lowest BCUT2D eigenvalue weighted by molar-refractivity contribution is -0.123. The molecule has 5 heteroatoms. The summed E-state index contributed by atoms with van der Waals surface area (Å²) in [5.74, 6) is 0.577. The summed E-state index contributed by atoms with van der Waals surface area (Å²) in [5.41, 5.74) is 4.95. The number of ether oxygens (including phenoxy) is 1. The smallest absolute Gasteiger partial charge is 0.258 e. The van der Waals surface area contributed by atoms with E-state index in [-0.39, 0.29) is 18.6 Å². The predicted molar refractivity (Wildman–Crippen MR) is 126 cm³/mol. The van der Waals surface area contributed by atoms with Crippen LogP contribution in [0.3, 0.4) is 0 Å². The van der Waals surface area contributed by atoms with Crippen LogP contribution >= 0.6 is 0 Å². The maximum absolute atomic E-state index is 12.5. The molecule has 0 aromatic heterocycles. The largest absolute Gasteiger partial charge is 0.484 e. The van der Waals surface area contributed by atoms with E-state index >= 15 is 0 Å². The summed E-state index contributed by atoms with van der Waals surface area (Å²) in [5, 5.41) is 3.08. The van der Waals surface area contributed by atoms with Crippen LogP contribution in [0, 0.1) is 0 Å². The molecule has 1 atom stereocenters. The van der Waals surface area contributed by atoms with Gasteiger partial charge in [-0.1, -0.05) is 48.5 Å². The number of carbonyl (C=O) groups is 1. The monoisotopic (exact) mass is 415 g/mol. The molecule has 3 aromatic carbocycles. The van der Waals surface area contributed by atoms with Crippen LogP contribution in [0.25, 0.3) is 0 Å². The van der Waals surface area contributed by atoms with Crippen molar-refractivity contribution in [2.24, 2.45) is 0 Å². The molecule has 1 amide bonds. The Kier molecular flexibility index (Phi) is 6.41. The van der Waals surface area contributed by atoms with Crippen molar-refractivity contribution in [2.75, 3.05) is 43.6 Å². The van der Waals surface area contributed by atoms with E-state index in [0.717, 1.165) is 18.7 Å². The van der Waals surface area contributed by atoms with Gasteiger partial charge in [0.05, 0.1) is 6.04 Å². The Morgan fingerprint density at radius 1 is 1.00 bits per heavy atom. The molecule has 1 N–H and O–H groups in total. The fourth-order valence-corrected chi connectivity index (χ4v) is 4.02. The van der Waals surface area contributed by atoms with E-state index in [9.17, 15) is 4.79 Å². The molecule has 0 spiro atoms. The first-order chi connectivity index (χ1) is 15.1. The molecule has 1 aliphatic rings. The Hall–Kier alpha value is -3.47. The van der Waals surface area contributed by atoms with Crippen molar-refractivity contribution < 1.29 is 9.53 Å². The summed E-state index contributed by atoms with van der Waals surface area (Å²) >= 11 is 0. The lowest BCUT2D eigenvalue weighted by Gasteiger charge is -2.31. The standard InChI is InChI=1S/C26H29N3O2/c1-28(2)22-14-12-21(13-15-22)25(29-17-16-20-8-6-7-11-24(20)29)18-27-26(30)19-31-23-9-4-3-5-10-23/h3-15,25H,16-19H2,1-2H3,(H,27,30). The highest BCUT2D eigenvalue weighted by Crippen LogP contribution is 2.35. The number of rotatable bonds is 8. The minimum absolute atomic E-state index is 0.00683. The first kappa shape index (κ1) is 20.8. The van der Waals surface area contributed by atoms with Crippen molar-refractivity contribution in [1.29, 1.82) is 0 Å². The number of para-hydroxylation sites is 2. The lowest BCUT2D eigenvalue weighted by Crippen LogP contribution is -2.39. The molecule has 0 bridgehead atoms. The van der Waals surface area contributed by atoms with Crippen molar-refractivity contribution >= 4 is 17.3 Å². The second-order valence-electron chi connectivity index (χ2n) is 7.98. The number of nitrogens with zero attached hydrogens (tertiary/aromatic N) is 2. The fraction of sp³-hybridized carbons (Fsp3) is 0.269. The van der Waals surface area contributed by atoms with Gasteiger partial charge in [0, 0.05) is 38.6 Å². The molecule has 1 unspecified atom stereocenters. The summed E-state index contributed by atoms with van der Waals surface area (Å²) in [6.45, 7) is 1.47. The first-order valence-electron chi connectivity index (χ1n) is 10.7. The Balaban J connectivity index is 1.48. The van der Waals surface area contributed by atoms with Gasteiger partial charge in [-0.2, -0.15) is 0 Å². The molecule has 3 aromatic rings. The molecule has 160 valence electrons. The maximum atomic E-state index is 12.5. The number of hydrogen-bond acceptors (Lipinski definition) is 4. The van der Waals surface area contributed by atoms with Gasteiger partial charge in [0.25, 0.3) is 5.91 Å². The van der Waals surface area contributed by atoms with Gasteiger partial charge in [0.1, 0.15) is 5.75 Å². The van der Waals surface area contributed by atoms with Gasteiger partial charge in [-0.15, -0.1) is 0 Å². The normalized spacial score (nSPS) is 13.4. The van der Waals surface area contributed by atoms with Gasteiger partial charge in [-0.05, 0) is 47.9 Å². The Bertz CT molecular complexity index is 1000. The number of carbonyl (C=O) groups excluding carboxylic acids is 1. The average molecular weight is 416 g/mol. The van der Waals surface area contributed by atoms with Gasteiger partial charge in [-0.25, -0.2) is 0 Å². The molecule has 0 aliphatic carbocycles. The number of fused-ring (bicyclic) bond motifs is 1. The van der Waals surface area contributed by atoms with Gasteiger partial charge >= 0.3 is 0 Å². The van der Waals surface area contributed by atoms with Crippen molar-refractivity contribution in [3.05, 3.63) is 90.0 Å². The van der Waals surface area contributed by atoms with E-state index in [4.69, 9.17) is 4.74 Å². The SMILES string of the molecule is CN(C)c1ccc(C(CNC(=O)COc2ccccc2)N2CCc3ccccc32)cc1. The van der Waals surface area contributed by atoms with Crippen molar-refractivity contribution in [3.63, 3.8) is 0 Å². The number of hydrogen-bond donors (Lipinski definition) is 1. The van der Waals surface area contributed by atoms with E-state index < -0.39 is 0 Å². The Morgan fingerprint density at radius 3 is 2.45 bits per heavy atom. The van der Waals surface area contributed by atoms with Crippen LogP contribution in [-0.2, 0) is 11.2 Å². The van der Waals surface area contributed by atoms with Crippen LogP contribution in [0.4, 0.5) is 11.4 Å². The minimum Gasteiger partial charge on any atom is -0.484 e. The number of anilines is 2. The highest BCUT2D eigenvalue weighted by Gasteiger charge is 2.27. The van der Waals surface area contributed by atoms with Crippen molar-refractivity contribution in [3.8, 4) is 5.75 Å². The molecule has 0 saturated heterocycles. The van der Waals surface area contributed by atoms with Crippen LogP contribution in [0.1, 0.15) is 17.2 Å². The van der Waals surface area contributed by atoms with Gasteiger partial charge in [0.15, 0.2) is 6.61 Å². The van der Waals surface area contributed by atoms with Gasteiger partial charge in [-0.3, -0.25) is 4.79 Å². The molecule has 4 rings (SSSR count). The topological polar surface area (TPSA) is 44.8 Å². The summed E-state index contributed by atoms with van der Waals surface area (Å²) < 4.78 is 5.60. The van der Waals surface area contributed by atoms with Crippen LogP contribution in [-0.4, -0.2) is 39.7 Å². The number of benzene rings is 3. The molecule has 0 saturated carbocycles. The summed E-state index contributed by atoms with van der Waals surface area (Å²) in [7, 11) is 4.08. The van der Waals surface area contributed by atoms with Gasteiger partial charge < -0.3 is 19.9 Å². The minimum atomic E-state index is -0.119. The van der Waals surface area contributed by atoms with Crippen LogP contribution in [0.2, 0.25) is 0 Å². The molecular weight excluding hydrogens is 386 g/mol. The Labute approximate surface area is 184 Å². The zero-order valence-corrected chi connectivity index (χ0v) is 18.1. The third kappa shape index (κ3) is 5.00. The summed E-state index contributed by atoms with van der Waals surface area (Å²) in [6.07, 6.45) is 1.02. The molecular formula is C26H29N3O2. The molecule has 1 heterocycles. The Morgan fingerprint density at radius 2 is 1.71 bits per heavy atom. The third-order valence-corrected chi connectivity index (χ3v) is 5.70. The highest BCUT2D eigenvalue weighted by atomic mass is 16.5. The number of amides is 1. The molecule has 1 aliphatic heterocycles. The summed E-state index contributed by atoms with van der Waals surface area (Å²) in [6, 6.07) is 26.6. The van der Waals surface area contributed by atoms with E-state index in [1.165, 1.54) is 16.8 Å². The highest BCUT2D eigenvalue weighted by molar-refractivity contribution is 5.77. The molecule has 0 radical (unpaired) electrons. The summed E-state index contributed by atoms with van der Waals surface area (Å²) in [4.78, 5) is 17.0. The van der Waals surface area contributed by atoms with Crippen molar-refractivity contribution in [1.82, 2.24) is 5.32 Å². The van der Waals surface area contributed by atoms with Crippen molar-refractivity contribution in [2.45, 2.75) is 12.5 Å². The van der Waals surface area contributed by atoms with Gasteiger partial charge in [0.2, 0.25) is 0 Å².